The standard InChI is InChI=1S/C17H16BrNO/c1-11-3-8-17(20-11)12(2)19-16-7-5-13-9-15(18)6-4-14(13)10-16/h3-10,12,19H,1-2H3. The largest absolute Gasteiger partial charge is 0.464 e. The summed E-state index contributed by atoms with van der Waals surface area (Å²) in [6.07, 6.45) is 0. The van der Waals surface area contributed by atoms with Crippen LogP contribution >= 0.6 is 15.9 Å². The van der Waals surface area contributed by atoms with Crippen LogP contribution in [0.15, 0.2) is 57.4 Å². The number of furan rings is 1. The first-order chi connectivity index (χ1) is 9.61. The van der Waals surface area contributed by atoms with E-state index in [1.54, 1.807) is 0 Å². The van der Waals surface area contributed by atoms with Gasteiger partial charge in [-0.25, -0.2) is 0 Å². The minimum absolute atomic E-state index is 0.150. The lowest BCUT2D eigenvalue weighted by atomic mass is 10.1. The van der Waals surface area contributed by atoms with Crippen LogP contribution in [0.2, 0.25) is 0 Å². The molecule has 0 bridgehead atoms. The van der Waals surface area contributed by atoms with Gasteiger partial charge in [-0.3, -0.25) is 0 Å². The maximum atomic E-state index is 5.65. The molecule has 0 aliphatic rings. The highest BCUT2D eigenvalue weighted by Crippen LogP contribution is 2.26. The van der Waals surface area contributed by atoms with Crippen LogP contribution < -0.4 is 5.32 Å². The number of aryl methyl sites for hydroxylation is 1. The Labute approximate surface area is 126 Å². The van der Waals surface area contributed by atoms with Crippen molar-refractivity contribution in [3.8, 4) is 0 Å². The molecule has 3 rings (SSSR count). The van der Waals surface area contributed by atoms with Gasteiger partial charge in [0.05, 0.1) is 6.04 Å². The second-order valence-corrected chi connectivity index (χ2v) is 5.94. The van der Waals surface area contributed by atoms with Crippen LogP contribution in [0.5, 0.6) is 0 Å². The normalized spacial score (nSPS) is 12.6. The number of fused-ring (bicyclic) bond motifs is 1. The number of hydrogen-bond acceptors (Lipinski definition) is 2. The number of hydrogen-bond donors (Lipinski definition) is 1. The third-order valence-corrected chi connectivity index (χ3v) is 3.87. The van der Waals surface area contributed by atoms with E-state index < -0.39 is 0 Å². The number of nitrogens with one attached hydrogen (secondary N) is 1. The summed E-state index contributed by atoms with van der Waals surface area (Å²) >= 11 is 3.50. The quantitative estimate of drug-likeness (QED) is 0.669. The van der Waals surface area contributed by atoms with Gasteiger partial charge in [-0.05, 0) is 61.0 Å². The van der Waals surface area contributed by atoms with Crippen molar-refractivity contribution in [2.45, 2.75) is 19.9 Å². The Hall–Kier alpha value is -1.74. The molecular formula is C17H16BrNO. The molecule has 0 aliphatic carbocycles. The van der Waals surface area contributed by atoms with E-state index in [4.69, 9.17) is 4.42 Å². The second-order valence-electron chi connectivity index (χ2n) is 5.02. The summed E-state index contributed by atoms with van der Waals surface area (Å²) in [4.78, 5) is 0. The van der Waals surface area contributed by atoms with E-state index in [-0.39, 0.29) is 6.04 Å². The van der Waals surface area contributed by atoms with Crippen LogP contribution in [0.4, 0.5) is 5.69 Å². The van der Waals surface area contributed by atoms with Gasteiger partial charge in [0.25, 0.3) is 0 Å². The molecule has 3 aromatic rings. The Morgan fingerprint density at radius 2 is 1.75 bits per heavy atom. The Morgan fingerprint density at radius 3 is 2.50 bits per heavy atom. The van der Waals surface area contributed by atoms with Crippen LogP contribution in [0.3, 0.4) is 0 Å². The summed E-state index contributed by atoms with van der Waals surface area (Å²) < 4.78 is 6.75. The van der Waals surface area contributed by atoms with Gasteiger partial charge in [0.2, 0.25) is 0 Å². The molecular weight excluding hydrogens is 314 g/mol. The molecule has 1 unspecified atom stereocenters. The van der Waals surface area contributed by atoms with Crippen molar-refractivity contribution in [2.75, 3.05) is 5.32 Å². The van der Waals surface area contributed by atoms with Gasteiger partial charge < -0.3 is 9.73 Å². The molecule has 0 saturated carbocycles. The average molecular weight is 330 g/mol. The Balaban J connectivity index is 1.85. The summed E-state index contributed by atoms with van der Waals surface area (Å²) in [6, 6.07) is 16.8. The fourth-order valence-electron chi connectivity index (χ4n) is 2.31. The molecule has 0 radical (unpaired) electrons. The van der Waals surface area contributed by atoms with Gasteiger partial charge in [0.15, 0.2) is 0 Å². The fourth-order valence-corrected chi connectivity index (χ4v) is 2.69. The zero-order chi connectivity index (χ0) is 14.1. The van der Waals surface area contributed by atoms with E-state index in [9.17, 15) is 0 Å². The molecule has 1 atom stereocenters. The van der Waals surface area contributed by atoms with E-state index in [2.05, 4.69) is 64.6 Å². The number of rotatable bonds is 3. The topological polar surface area (TPSA) is 25.2 Å². The van der Waals surface area contributed by atoms with Gasteiger partial charge in [-0.1, -0.05) is 28.1 Å². The molecule has 2 aromatic carbocycles. The Kier molecular flexibility index (Phi) is 3.53. The van der Waals surface area contributed by atoms with Crippen molar-refractivity contribution in [3.05, 3.63) is 64.5 Å². The molecule has 1 aromatic heterocycles. The van der Waals surface area contributed by atoms with E-state index in [1.807, 2.05) is 19.1 Å². The average Bonchev–Trinajstić information content (AvgIpc) is 2.86. The maximum Gasteiger partial charge on any atom is 0.126 e. The highest BCUT2D eigenvalue weighted by atomic mass is 79.9. The van der Waals surface area contributed by atoms with E-state index in [1.165, 1.54) is 10.8 Å². The summed E-state index contributed by atoms with van der Waals surface area (Å²) in [6.45, 7) is 4.06. The van der Waals surface area contributed by atoms with Crippen LogP contribution in [0, 0.1) is 6.92 Å². The van der Waals surface area contributed by atoms with Gasteiger partial charge in [-0.2, -0.15) is 0 Å². The van der Waals surface area contributed by atoms with Gasteiger partial charge in [-0.15, -0.1) is 0 Å². The van der Waals surface area contributed by atoms with Crippen molar-refractivity contribution in [1.82, 2.24) is 0 Å². The first-order valence-electron chi connectivity index (χ1n) is 6.64. The lowest BCUT2D eigenvalue weighted by Crippen LogP contribution is -2.05. The first-order valence-corrected chi connectivity index (χ1v) is 7.43. The van der Waals surface area contributed by atoms with Crippen LogP contribution in [0.1, 0.15) is 24.5 Å². The molecule has 2 nitrogen and oxygen atoms in total. The highest BCUT2D eigenvalue weighted by molar-refractivity contribution is 9.10. The first kappa shape index (κ1) is 13.3. The minimum atomic E-state index is 0.150. The van der Waals surface area contributed by atoms with Crippen molar-refractivity contribution in [2.24, 2.45) is 0 Å². The molecule has 0 aliphatic heterocycles. The number of benzene rings is 2. The third-order valence-electron chi connectivity index (χ3n) is 3.37. The summed E-state index contributed by atoms with van der Waals surface area (Å²) in [5.74, 6) is 1.90. The lowest BCUT2D eigenvalue weighted by Gasteiger charge is -2.13. The molecule has 0 fully saturated rings. The van der Waals surface area contributed by atoms with Crippen molar-refractivity contribution in [1.29, 1.82) is 0 Å². The zero-order valence-corrected chi connectivity index (χ0v) is 13.1. The van der Waals surface area contributed by atoms with E-state index >= 15 is 0 Å². The molecule has 0 amide bonds. The molecule has 3 heteroatoms. The van der Waals surface area contributed by atoms with E-state index in [0.717, 1.165) is 21.7 Å². The zero-order valence-electron chi connectivity index (χ0n) is 11.5. The molecule has 1 N–H and O–H groups in total. The summed E-state index contributed by atoms with van der Waals surface area (Å²) in [7, 11) is 0. The third kappa shape index (κ3) is 2.73. The Morgan fingerprint density at radius 1 is 1.00 bits per heavy atom. The fraction of sp³-hybridized carbons (Fsp3) is 0.176. The number of halogens is 1. The summed E-state index contributed by atoms with van der Waals surface area (Å²) in [5.41, 5.74) is 1.10. The van der Waals surface area contributed by atoms with Crippen molar-refractivity contribution in [3.63, 3.8) is 0 Å². The Bertz CT molecular complexity index is 748. The maximum absolute atomic E-state index is 5.65. The van der Waals surface area contributed by atoms with E-state index in [0.29, 0.717) is 0 Å². The summed E-state index contributed by atoms with van der Waals surface area (Å²) in [5, 5.41) is 5.92. The lowest BCUT2D eigenvalue weighted by molar-refractivity contribution is 0.467. The monoisotopic (exact) mass is 329 g/mol. The SMILES string of the molecule is Cc1ccc(C(C)Nc2ccc3cc(Br)ccc3c2)o1. The van der Waals surface area contributed by atoms with Crippen LogP contribution in [-0.4, -0.2) is 0 Å². The van der Waals surface area contributed by atoms with Gasteiger partial charge in [0, 0.05) is 10.2 Å². The molecule has 0 saturated heterocycles. The second kappa shape index (κ2) is 5.33. The van der Waals surface area contributed by atoms with Crippen molar-refractivity contribution >= 4 is 32.4 Å². The highest BCUT2D eigenvalue weighted by Gasteiger charge is 2.09. The molecule has 0 spiro atoms. The molecule has 20 heavy (non-hydrogen) atoms. The van der Waals surface area contributed by atoms with Gasteiger partial charge >= 0.3 is 0 Å². The molecule has 102 valence electrons. The van der Waals surface area contributed by atoms with Gasteiger partial charge in [0.1, 0.15) is 11.5 Å². The predicted molar refractivity (Wildman–Crippen MR) is 87.1 cm³/mol. The van der Waals surface area contributed by atoms with Crippen molar-refractivity contribution < 1.29 is 4.42 Å². The van der Waals surface area contributed by atoms with Crippen LogP contribution in [-0.2, 0) is 0 Å². The minimum Gasteiger partial charge on any atom is -0.464 e. The number of anilines is 1. The molecule has 1 heterocycles. The smallest absolute Gasteiger partial charge is 0.126 e. The van der Waals surface area contributed by atoms with Crippen LogP contribution in [0.25, 0.3) is 10.8 Å². The predicted octanol–water partition coefficient (Wildman–Crippen LogP) is 5.68.